The minimum atomic E-state index is -0.407. The summed E-state index contributed by atoms with van der Waals surface area (Å²) in [5.74, 6) is 2.78. The molecule has 0 aliphatic carbocycles. The van der Waals surface area contributed by atoms with Crippen molar-refractivity contribution in [3.8, 4) is 0 Å². The summed E-state index contributed by atoms with van der Waals surface area (Å²) in [6.45, 7) is 14.3. The molecule has 0 nitrogen and oxygen atoms in total. The van der Waals surface area contributed by atoms with Gasteiger partial charge in [-0.15, -0.1) is 0 Å². The Kier molecular flexibility index (Phi) is 11.7. The van der Waals surface area contributed by atoms with Crippen LogP contribution in [0.3, 0.4) is 0 Å². The molecule has 0 atom stereocenters. The van der Waals surface area contributed by atoms with Gasteiger partial charge in [-0.05, 0) is 0 Å². The number of rotatable bonds is 6. The molecule has 0 saturated heterocycles. The summed E-state index contributed by atoms with van der Waals surface area (Å²) in [6.07, 6.45) is 0. The summed E-state index contributed by atoms with van der Waals surface area (Å²) in [4.78, 5) is 0. The van der Waals surface area contributed by atoms with Crippen molar-refractivity contribution in [2.75, 3.05) is 0 Å². The molecule has 0 radical (unpaired) electrons. The average molecular weight is 208 g/mol. The van der Waals surface area contributed by atoms with Crippen molar-refractivity contribution in [3.63, 3.8) is 0 Å². The maximum Gasteiger partial charge on any atom is 1.00 e. The molecule has 0 saturated carbocycles. The standard InChI is InChI=1S/3C4H9.Al.Li.H2.H/c3*1-4(2)3;;;;/h3*4H,1H2,2-3H3;;;1H;/q;;;;+1;;-1. The fourth-order valence-corrected chi connectivity index (χ4v) is 6.87. The van der Waals surface area contributed by atoms with Gasteiger partial charge in [0.15, 0.2) is 0 Å². The van der Waals surface area contributed by atoms with E-state index in [-0.39, 0.29) is 21.7 Å². The van der Waals surface area contributed by atoms with Gasteiger partial charge in [0.05, 0.1) is 0 Å². The van der Waals surface area contributed by atoms with Gasteiger partial charge in [0.25, 0.3) is 14.1 Å². The topological polar surface area (TPSA) is 0 Å². The van der Waals surface area contributed by atoms with E-state index >= 15 is 0 Å². The Balaban J connectivity index is -0.000000240. The molecule has 14 heavy (non-hydrogen) atoms. The molecular formula is C12H30AlLi. The maximum absolute atomic E-state index is 2.38. The first kappa shape index (κ1) is 17.5. The van der Waals surface area contributed by atoms with Crippen molar-refractivity contribution in [2.45, 2.75) is 57.4 Å². The molecule has 0 bridgehead atoms. The van der Waals surface area contributed by atoms with Gasteiger partial charge in [0.1, 0.15) is 0 Å². The van der Waals surface area contributed by atoms with Gasteiger partial charge >= 0.3 is 18.9 Å². The van der Waals surface area contributed by atoms with Crippen molar-refractivity contribution in [2.24, 2.45) is 17.8 Å². The van der Waals surface area contributed by atoms with E-state index in [2.05, 4.69) is 41.5 Å². The van der Waals surface area contributed by atoms with Gasteiger partial charge in [0, 0.05) is 1.43 Å². The first-order valence-electron chi connectivity index (χ1n) is 5.91. The zero-order chi connectivity index (χ0) is 10.4. The first-order valence-corrected chi connectivity index (χ1v) is 8.36. The van der Waals surface area contributed by atoms with E-state index in [0.717, 1.165) is 17.8 Å². The fourth-order valence-electron chi connectivity index (χ4n) is 2.29. The average Bonchev–Trinajstić information content (AvgIpc) is 1.80. The quantitative estimate of drug-likeness (QED) is 0.584. The van der Waals surface area contributed by atoms with Crippen LogP contribution in [0.25, 0.3) is 0 Å². The molecule has 0 heterocycles. The molecular weight excluding hydrogens is 178 g/mol. The van der Waals surface area contributed by atoms with Crippen LogP contribution in [0.5, 0.6) is 0 Å². The predicted molar refractivity (Wildman–Crippen MR) is 67.9 cm³/mol. The Morgan fingerprint density at radius 3 is 1.14 bits per heavy atom. The molecule has 0 aliphatic heterocycles. The predicted octanol–water partition coefficient (Wildman–Crippen LogP) is 1.81. The van der Waals surface area contributed by atoms with Crippen molar-refractivity contribution in [1.82, 2.24) is 0 Å². The van der Waals surface area contributed by atoms with Gasteiger partial charge in [0.2, 0.25) is 0 Å². The normalized spacial score (nSPS) is 10.9. The summed E-state index contributed by atoms with van der Waals surface area (Å²) in [5, 5.41) is 4.66. The first-order chi connectivity index (χ1) is 5.91. The van der Waals surface area contributed by atoms with Crippen LogP contribution in [0, 0.1) is 17.8 Å². The summed E-state index contributed by atoms with van der Waals surface area (Å²) in [5.41, 5.74) is 0. The van der Waals surface area contributed by atoms with E-state index in [1.807, 2.05) is 0 Å². The Labute approximate surface area is 111 Å². The van der Waals surface area contributed by atoms with Crippen LogP contribution in [0.1, 0.15) is 44.4 Å². The van der Waals surface area contributed by atoms with E-state index in [1.165, 1.54) is 0 Å². The zero-order valence-corrected chi connectivity index (χ0v) is 12.6. The van der Waals surface area contributed by atoms with Gasteiger partial charge in [-0.2, -0.15) is 0 Å². The molecule has 0 spiro atoms. The largest absolute Gasteiger partial charge is 1.00 e. The molecule has 0 unspecified atom stereocenters. The smallest absolute Gasteiger partial charge is 1.00 e. The Morgan fingerprint density at radius 1 is 0.786 bits per heavy atom. The zero-order valence-electron chi connectivity index (χ0n) is 12.4. The third kappa shape index (κ3) is 11.2. The van der Waals surface area contributed by atoms with E-state index in [0.29, 0.717) is 0 Å². The second kappa shape index (κ2) is 9.36. The van der Waals surface area contributed by atoms with Crippen LogP contribution in [-0.4, -0.2) is 14.1 Å². The minimum Gasteiger partial charge on any atom is -1.00 e. The van der Waals surface area contributed by atoms with Crippen molar-refractivity contribution in [1.29, 1.82) is 0 Å². The Morgan fingerprint density at radius 2 is 1.00 bits per heavy atom. The van der Waals surface area contributed by atoms with E-state index in [9.17, 15) is 0 Å². The van der Waals surface area contributed by atoms with Gasteiger partial charge in [-0.25, -0.2) is 0 Å². The van der Waals surface area contributed by atoms with Gasteiger partial charge in [-0.1, -0.05) is 75.1 Å². The summed E-state index contributed by atoms with van der Waals surface area (Å²) in [7, 11) is 0. The molecule has 0 rings (SSSR count). The third-order valence-corrected chi connectivity index (χ3v) is 7.24. The van der Waals surface area contributed by atoms with Crippen molar-refractivity contribution >= 4 is 14.1 Å². The maximum atomic E-state index is 2.38. The second-order valence-electron chi connectivity index (χ2n) is 5.75. The Hall–Kier alpha value is 1.13. The molecule has 0 aliphatic rings. The van der Waals surface area contributed by atoms with Crippen LogP contribution in [0.2, 0.25) is 15.8 Å². The van der Waals surface area contributed by atoms with Gasteiger partial charge in [-0.3, -0.25) is 0 Å². The monoisotopic (exact) mass is 208 g/mol. The minimum absolute atomic E-state index is 0. The summed E-state index contributed by atoms with van der Waals surface area (Å²) in [6, 6.07) is 0. The fraction of sp³-hybridized carbons (Fsp3) is 1.00. The number of hydrogen-bond donors (Lipinski definition) is 0. The van der Waals surface area contributed by atoms with E-state index < -0.39 is 14.1 Å². The van der Waals surface area contributed by atoms with Crippen LogP contribution >= 0.6 is 0 Å². The molecule has 0 fully saturated rings. The van der Waals surface area contributed by atoms with Crippen LogP contribution in [0.15, 0.2) is 0 Å². The van der Waals surface area contributed by atoms with Crippen LogP contribution in [-0.2, 0) is 0 Å². The molecule has 0 aromatic heterocycles. The molecule has 0 aromatic rings. The Bertz CT molecular complexity index is 106. The van der Waals surface area contributed by atoms with E-state index in [1.54, 1.807) is 15.8 Å². The van der Waals surface area contributed by atoms with Gasteiger partial charge < -0.3 is 1.43 Å². The number of hydrogen-bond acceptors (Lipinski definition) is 0. The molecule has 2 heteroatoms. The van der Waals surface area contributed by atoms with Crippen LogP contribution in [0.4, 0.5) is 0 Å². The molecule has 0 N–H and O–H groups in total. The second-order valence-corrected chi connectivity index (χ2v) is 8.90. The SMILES string of the molecule is CC(C)[CH2][Al]([CH2]C(C)C)[CH2]C(C)C.[H-].[HH].[Li+]. The van der Waals surface area contributed by atoms with Crippen LogP contribution < -0.4 is 18.9 Å². The summed E-state index contributed by atoms with van der Waals surface area (Å²) >= 11 is -0.407. The van der Waals surface area contributed by atoms with Crippen molar-refractivity contribution < 1.29 is 21.7 Å². The van der Waals surface area contributed by atoms with Crippen molar-refractivity contribution in [3.05, 3.63) is 0 Å². The molecule has 82 valence electrons. The third-order valence-electron chi connectivity index (χ3n) is 2.41. The summed E-state index contributed by atoms with van der Waals surface area (Å²) < 4.78 is 0. The molecule has 0 amide bonds. The molecule has 0 aromatic carbocycles. The van der Waals surface area contributed by atoms with E-state index in [4.69, 9.17) is 0 Å².